The van der Waals surface area contributed by atoms with E-state index in [1.807, 2.05) is 0 Å². The number of allylic oxidation sites excluding steroid dienone is 1. The monoisotopic (exact) mass is 508 g/mol. The van der Waals surface area contributed by atoms with Gasteiger partial charge in [-0.25, -0.2) is 0 Å². The molecule has 0 bridgehead atoms. The number of nitrogens with zero attached hydrogens (tertiary/aromatic N) is 2. The zero-order chi connectivity index (χ0) is 27.4. The summed E-state index contributed by atoms with van der Waals surface area (Å²) in [4.78, 5) is 12.6. The molecule has 2 heterocycles. The number of rotatable bonds is 13. The Hall–Kier alpha value is -0.950. The minimum Gasteiger partial charge on any atom is -0.495 e. The smallest absolute Gasteiger partial charge is 0.133 e. The van der Waals surface area contributed by atoms with Crippen LogP contribution in [0.1, 0.15) is 139 Å². The quantitative estimate of drug-likeness (QED) is 0.196. The average Bonchev–Trinajstić information content (AvgIpc) is 2.71. The SMILES string of the molecule is C=C(CCCCCCCCC(=O)CC1CC(C)(C)N(O)C(C)(C)C1)OC1CC(C)(C)N(O)C(C)(C)C1. The van der Waals surface area contributed by atoms with Gasteiger partial charge in [0.05, 0.1) is 5.76 Å². The second-order valence-electron chi connectivity index (χ2n) is 14.2. The molecular weight excluding hydrogens is 452 g/mol. The molecule has 0 spiro atoms. The number of piperidine rings is 2. The lowest BCUT2D eigenvalue weighted by Gasteiger charge is -2.51. The maximum atomic E-state index is 12.6. The van der Waals surface area contributed by atoms with Gasteiger partial charge in [-0.2, -0.15) is 10.1 Å². The summed E-state index contributed by atoms with van der Waals surface area (Å²) < 4.78 is 6.19. The summed E-state index contributed by atoms with van der Waals surface area (Å²) >= 11 is 0. The Labute approximate surface area is 221 Å². The van der Waals surface area contributed by atoms with Crippen molar-refractivity contribution in [3.05, 3.63) is 12.3 Å². The fourth-order valence-corrected chi connectivity index (χ4v) is 6.95. The number of Topliss-reactive ketones (excluding diaryl/α,β-unsaturated/α-hetero) is 1. The third-order valence-corrected chi connectivity index (χ3v) is 8.34. The van der Waals surface area contributed by atoms with E-state index < -0.39 is 0 Å². The van der Waals surface area contributed by atoms with Crippen LogP contribution in [0.2, 0.25) is 0 Å². The van der Waals surface area contributed by atoms with Gasteiger partial charge in [0, 0.05) is 54.3 Å². The van der Waals surface area contributed by atoms with Crippen molar-refractivity contribution in [3.63, 3.8) is 0 Å². The van der Waals surface area contributed by atoms with E-state index in [1.165, 1.54) is 23.0 Å². The van der Waals surface area contributed by atoms with E-state index in [-0.39, 0.29) is 28.3 Å². The number of carbonyl (C=O) groups is 1. The maximum absolute atomic E-state index is 12.6. The van der Waals surface area contributed by atoms with E-state index in [0.29, 0.717) is 24.5 Å². The highest BCUT2D eigenvalue weighted by molar-refractivity contribution is 5.78. The molecule has 36 heavy (non-hydrogen) atoms. The molecule has 2 fully saturated rings. The molecule has 0 aromatic rings. The first kappa shape index (κ1) is 31.3. The molecule has 210 valence electrons. The van der Waals surface area contributed by atoms with Gasteiger partial charge in [-0.3, -0.25) is 4.79 Å². The number of ketones is 1. The van der Waals surface area contributed by atoms with Gasteiger partial charge in [0.15, 0.2) is 0 Å². The molecule has 2 rings (SSSR count). The van der Waals surface area contributed by atoms with E-state index in [4.69, 9.17) is 4.74 Å². The van der Waals surface area contributed by atoms with Crippen LogP contribution < -0.4 is 0 Å². The second kappa shape index (κ2) is 12.3. The Balaban J connectivity index is 1.54. The van der Waals surface area contributed by atoms with Crippen molar-refractivity contribution >= 4 is 5.78 Å². The van der Waals surface area contributed by atoms with Crippen molar-refractivity contribution < 1.29 is 19.9 Å². The van der Waals surface area contributed by atoms with E-state index in [0.717, 1.165) is 63.5 Å². The van der Waals surface area contributed by atoms with Crippen LogP contribution in [0.5, 0.6) is 0 Å². The molecule has 0 aromatic heterocycles. The van der Waals surface area contributed by atoms with Crippen LogP contribution in [0, 0.1) is 5.92 Å². The largest absolute Gasteiger partial charge is 0.495 e. The van der Waals surface area contributed by atoms with E-state index in [9.17, 15) is 15.2 Å². The molecule has 2 aliphatic rings. The van der Waals surface area contributed by atoms with Crippen LogP contribution in [-0.2, 0) is 9.53 Å². The Morgan fingerprint density at radius 2 is 1.11 bits per heavy atom. The van der Waals surface area contributed by atoms with Crippen molar-refractivity contribution in [2.24, 2.45) is 5.92 Å². The van der Waals surface area contributed by atoms with Crippen molar-refractivity contribution in [3.8, 4) is 0 Å². The third kappa shape index (κ3) is 8.82. The maximum Gasteiger partial charge on any atom is 0.133 e. The first-order valence-corrected chi connectivity index (χ1v) is 14.3. The van der Waals surface area contributed by atoms with Crippen molar-refractivity contribution in [2.75, 3.05) is 0 Å². The van der Waals surface area contributed by atoms with Crippen molar-refractivity contribution in [1.82, 2.24) is 10.1 Å². The van der Waals surface area contributed by atoms with Gasteiger partial charge < -0.3 is 15.2 Å². The number of hydrogen-bond acceptors (Lipinski definition) is 6. The molecule has 0 amide bonds. The lowest BCUT2D eigenvalue weighted by Crippen LogP contribution is -2.60. The number of hydrogen-bond donors (Lipinski definition) is 2. The minimum atomic E-state index is -0.307. The summed E-state index contributed by atoms with van der Waals surface area (Å²) in [5.41, 5.74) is -1.18. The van der Waals surface area contributed by atoms with Crippen LogP contribution in [0.3, 0.4) is 0 Å². The highest BCUT2D eigenvalue weighted by atomic mass is 16.5. The van der Waals surface area contributed by atoms with Gasteiger partial charge in [0.25, 0.3) is 0 Å². The molecule has 0 unspecified atom stereocenters. The Morgan fingerprint density at radius 3 is 1.58 bits per heavy atom. The molecule has 6 nitrogen and oxygen atoms in total. The fraction of sp³-hybridized carbons (Fsp3) is 0.900. The van der Waals surface area contributed by atoms with E-state index >= 15 is 0 Å². The molecule has 2 N–H and O–H groups in total. The van der Waals surface area contributed by atoms with Crippen molar-refractivity contribution in [1.29, 1.82) is 0 Å². The predicted octanol–water partition coefficient (Wildman–Crippen LogP) is 7.67. The van der Waals surface area contributed by atoms with Gasteiger partial charge in [0.2, 0.25) is 0 Å². The highest BCUT2D eigenvalue weighted by Gasteiger charge is 2.46. The van der Waals surface area contributed by atoms with Gasteiger partial charge >= 0.3 is 0 Å². The summed E-state index contributed by atoms with van der Waals surface area (Å²) in [6.07, 6.45) is 12.3. The summed E-state index contributed by atoms with van der Waals surface area (Å²) in [6.45, 7) is 20.6. The van der Waals surface area contributed by atoms with E-state index in [1.54, 1.807) is 0 Å². The zero-order valence-corrected chi connectivity index (χ0v) is 24.7. The highest BCUT2D eigenvalue weighted by Crippen LogP contribution is 2.41. The number of unbranched alkanes of at least 4 members (excludes halogenated alkanes) is 5. The fourth-order valence-electron chi connectivity index (χ4n) is 6.95. The minimum absolute atomic E-state index is 0.0942. The van der Waals surface area contributed by atoms with Gasteiger partial charge in [0.1, 0.15) is 11.9 Å². The Kier molecular flexibility index (Phi) is 10.7. The molecule has 2 aliphatic heterocycles. The molecule has 6 heteroatoms. The number of hydroxylamine groups is 4. The van der Waals surface area contributed by atoms with Crippen LogP contribution in [0.15, 0.2) is 12.3 Å². The molecule has 0 radical (unpaired) electrons. The molecule has 0 atom stereocenters. The lowest BCUT2D eigenvalue weighted by molar-refractivity contribution is -0.258. The normalized spacial score (nSPS) is 24.5. The van der Waals surface area contributed by atoms with Crippen LogP contribution in [0.25, 0.3) is 0 Å². The Bertz CT molecular complexity index is 645. The van der Waals surface area contributed by atoms with Crippen LogP contribution in [0.4, 0.5) is 0 Å². The molecule has 2 saturated heterocycles. The third-order valence-electron chi connectivity index (χ3n) is 8.34. The first-order valence-electron chi connectivity index (χ1n) is 14.3. The number of carbonyl (C=O) groups excluding carboxylic acids is 1. The summed E-state index contributed by atoms with van der Waals surface area (Å²) in [5, 5.41) is 23.9. The number of ether oxygens (including phenoxy) is 1. The van der Waals surface area contributed by atoms with Gasteiger partial charge in [-0.1, -0.05) is 32.3 Å². The zero-order valence-electron chi connectivity index (χ0n) is 24.7. The summed E-state index contributed by atoms with van der Waals surface area (Å²) in [7, 11) is 0. The average molecular weight is 509 g/mol. The van der Waals surface area contributed by atoms with Gasteiger partial charge in [-0.15, -0.1) is 0 Å². The molecule has 0 saturated carbocycles. The van der Waals surface area contributed by atoms with Crippen LogP contribution in [-0.4, -0.2) is 54.6 Å². The van der Waals surface area contributed by atoms with Gasteiger partial charge in [-0.05, 0) is 87.0 Å². The first-order chi connectivity index (χ1) is 16.5. The molecule has 0 aliphatic carbocycles. The van der Waals surface area contributed by atoms with E-state index in [2.05, 4.69) is 62.0 Å². The second-order valence-corrected chi connectivity index (χ2v) is 14.2. The summed E-state index contributed by atoms with van der Waals surface area (Å²) in [6, 6.07) is 0. The topological polar surface area (TPSA) is 73.2 Å². The summed E-state index contributed by atoms with van der Waals surface area (Å²) in [5.74, 6) is 1.60. The van der Waals surface area contributed by atoms with Crippen molar-refractivity contribution in [2.45, 2.75) is 167 Å². The lowest BCUT2D eigenvalue weighted by atomic mass is 9.73. The standard InChI is InChI=1S/C30H56N2O4/c1-23(36-26-21-29(6,7)32(35)30(8,9)22-26)16-14-12-10-11-13-15-17-25(33)18-24-19-27(2,3)31(34)28(4,5)20-24/h24,26,34-35H,1,10-22H2,2-9H3. The predicted molar refractivity (Wildman–Crippen MR) is 146 cm³/mol. The Morgan fingerprint density at radius 1 is 0.722 bits per heavy atom. The molecule has 0 aromatic carbocycles. The van der Waals surface area contributed by atoms with Crippen LogP contribution >= 0.6 is 0 Å². The molecular formula is C30H56N2O4.